The van der Waals surface area contributed by atoms with Crippen molar-refractivity contribution in [2.24, 2.45) is 0 Å². The fourth-order valence-corrected chi connectivity index (χ4v) is 5.48. The summed E-state index contributed by atoms with van der Waals surface area (Å²) in [5, 5.41) is 3.65. The Labute approximate surface area is 245 Å². The fourth-order valence-electron chi connectivity index (χ4n) is 5.48. The van der Waals surface area contributed by atoms with Crippen LogP contribution in [0.5, 0.6) is 11.5 Å². The summed E-state index contributed by atoms with van der Waals surface area (Å²) in [7, 11) is 4.62. The molecule has 1 N–H and O–H groups in total. The zero-order valence-electron chi connectivity index (χ0n) is 25.5. The van der Waals surface area contributed by atoms with E-state index in [1.54, 1.807) is 32.4 Å². The molecule has 10 nitrogen and oxygen atoms in total. The minimum absolute atomic E-state index is 0.0212. The minimum atomic E-state index is -0.274. The van der Waals surface area contributed by atoms with Gasteiger partial charge in [0.1, 0.15) is 0 Å². The molecule has 0 bridgehead atoms. The number of carbonyl (C=O) groups is 3. The molecule has 0 spiro atoms. The number of rotatable bonds is 17. The van der Waals surface area contributed by atoms with E-state index in [1.807, 2.05) is 9.80 Å². The number of piperidine rings is 1. The molecule has 1 aromatic carbocycles. The first-order chi connectivity index (χ1) is 19.8. The Morgan fingerprint density at radius 3 is 2.32 bits per heavy atom. The van der Waals surface area contributed by atoms with Crippen molar-refractivity contribution in [3.05, 3.63) is 23.8 Å². The van der Waals surface area contributed by atoms with Crippen LogP contribution >= 0.6 is 0 Å². The number of hydrogen-bond acceptors (Lipinski definition) is 8. The first-order valence-corrected chi connectivity index (χ1v) is 15.0. The highest BCUT2D eigenvalue weighted by molar-refractivity contribution is 5.95. The van der Waals surface area contributed by atoms with Gasteiger partial charge in [0, 0.05) is 75.8 Å². The minimum Gasteiger partial charge on any atom is -0.493 e. The maximum Gasteiger partial charge on any atom is 0.305 e. The quantitative estimate of drug-likeness (QED) is 0.221. The van der Waals surface area contributed by atoms with Gasteiger partial charge in [-0.3, -0.25) is 14.4 Å². The first kappa shape index (κ1) is 32.7. The number of nitrogens with zero attached hydrogens (tertiary/aromatic N) is 2. The molecule has 230 valence electrons. The fraction of sp³-hybridized carbons (Fsp3) is 0.710. The summed E-state index contributed by atoms with van der Waals surface area (Å²) < 4.78 is 21.1. The van der Waals surface area contributed by atoms with Crippen LogP contribution in [-0.4, -0.2) is 99.4 Å². The van der Waals surface area contributed by atoms with Crippen LogP contribution in [0.2, 0.25) is 0 Å². The Hall–Kier alpha value is -2.85. The first-order valence-electron chi connectivity index (χ1n) is 15.0. The second-order valence-electron chi connectivity index (χ2n) is 11.2. The summed E-state index contributed by atoms with van der Waals surface area (Å²) >= 11 is 0. The predicted octanol–water partition coefficient (Wildman–Crippen LogP) is 3.81. The van der Waals surface area contributed by atoms with Crippen molar-refractivity contribution in [1.82, 2.24) is 15.1 Å². The van der Waals surface area contributed by atoms with Gasteiger partial charge in [-0.2, -0.15) is 0 Å². The molecule has 1 saturated carbocycles. The molecule has 1 aromatic rings. The van der Waals surface area contributed by atoms with Gasteiger partial charge in [-0.15, -0.1) is 0 Å². The van der Waals surface area contributed by atoms with Gasteiger partial charge in [0.15, 0.2) is 11.5 Å². The Morgan fingerprint density at radius 2 is 1.71 bits per heavy atom. The second kappa shape index (κ2) is 16.6. The van der Waals surface area contributed by atoms with Crippen molar-refractivity contribution in [3.63, 3.8) is 0 Å². The number of ether oxygens (including phenoxy) is 4. The zero-order chi connectivity index (χ0) is 29.8. The number of methoxy groups -OCH3 is 3. The molecule has 1 heterocycles. The van der Waals surface area contributed by atoms with Crippen molar-refractivity contribution in [1.29, 1.82) is 0 Å². The second-order valence-corrected chi connectivity index (χ2v) is 11.2. The maximum atomic E-state index is 13.7. The average molecular weight is 576 g/mol. The van der Waals surface area contributed by atoms with Gasteiger partial charge in [0.05, 0.1) is 20.8 Å². The van der Waals surface area contributed by atoms with E-state index in [2.05, 4.69) is 23.9 Å². The van der Waals surface area contributed by atoms with Gasteiger partial charge >= 0.3 is 5.97 Å². The van der Waals surface area contributed by atoms with Crippen molar-refractivity contribution in [3.8, 4) is 11.5 Å². The Balaban J connectivity index is 1.54. The summed E-state index contributed by atoms with van der Waals surface area (Å²) in [6.07, 6.45) is 6.74. The monoisotopic (exact) mass is 575 g/mol. The van der Waals surface area contributed by atoms with Crippen LogP contribution in [0.25, 0.3) is 0 Å². The number of nitrogens with one attached hydrogen (secondary N) is 1. The van der Waals surface area contributed by atoms with Gasteiger partial charge < -0.3 is 34.1 Å². The SMILES string of the molecule is COCCCOc1cc(C(=O)N(C(C)C)C2CCC(CCN(C(=O)CCCC(=O)OC)C3CC3)NC2)ccc1OC. The topological polar surface area (TPSA) is 107 Å². The maximum absolute atomic E-state index is 13.7. The van der Waals surface area contributed by atoms with Crippen molar-refractivity contribution >= 4 is 17.8 Å². The third kappa shape index (κ3) is 9.88. The number of esters is 1. The highest BCUT2D eigenvalue weighted by Crippen LogP contribution is 2.31. The van der Waals surface area contributed by atoms with Crippen molar-refractivity contribution < 1.29 is 33.3 Å². The van der Waals surface area contributed by atoms with Gasteiger partial charge in [0.2, 0.25) is 5.91 Å². The standard InChI is InChI=1S/C31H49N3O7/c1-22(2)34(31(37)23-10-15-27(39-4)28(20-23)41-19-7-18-38-3)26-12-11-24(32-21-26)16-17-33(25-13-14-25)29(35)8-6-9-30(36)40-5/h10,15,20,22,24-26,32H,6-9,11-14,16-19,21H2,1-5H3. The van der Waals surface area contributed by atoms with Crippen molar-refractivity contribution in [2.45, 2.75) is 95.8 Å². The smallest absolute Gasteiger partial charge is 0.305 e. The summed E-state index contributed by atoms with van der Waals surface area (Å²) in [6, 6.07) is 6.11. The van der Waals surface area contributed by atoms with Crippen LogP contribution < -0.4 is 14.8 Å². The molecule has 10 heteroatoms. The van der Waals surface area contributed by atoms with Crippen LogP contribution in [-0.2, 0) is 19.1 Å². The Morgan fingerprint density at radius 1 is 0.951 bits per heavy atom. The molecule has 1 aliphatic carbocycles. The Kier molecular flexibility index (Phi) is 13.2. The van der Waals surface area contributed by atoms with Crippen LogP contribution in [0.3, 0.4) is 0 Å². The number of amides is 2. The van der Waals surface area contributed by atoms with Gasteiger partial charge in [-0.1, -0.05) is 0 Å². The summed E-state index contributed by atoms with van der Waals surface area (Å²) in [4.78, 5) is 41.9. The van der Waals surface area contributed by atoms with Crippen LogP contribution in [0.1, 0.15) is 82.0 Å². The molecule has 2 aliphatic rings. The van der Waals surface area contributed by atoms with Gasteiger partial charge in [-0.05, 0) is 70.6 Å². The van der Waals surface area contributed by atoms with Crippen LogP contribution in [0.15, 0.2) is 18.2 Å². The van der Waals surface area contributed by atoms with Gasteiger partial charge in [-0.25, -0.2) is 0 Å². The lowest BCUT2D eigenvalue weighted by molar-refractivity contribution is -0.140. The van der Waals surface area contributed by atoms with Crippen LogP contribution in [0, 0.1) is 0 Å². The molecule has 0 radical (unpaired) electrons. The van der Waals surface area contributed by atoms with E-state index < -0.39 is 0 Å². The van der Waals surface area contributed by atoms with E-state index in [4.69, 9.17) is 14.2 Å². The van der Waals surface area contributed by atoms with Crippen LogP contribution in [0.4, 0.5) is 0 Å². The largest absolute Gasteiger partial charge is 0.493 e. The van der Waals surface area contributed by atoms with E-state index in [0.717, 1.165) is 45.1 Å². The lowest BCUT2D eigenvalue weighted by atomic mass is 9.95. The van der Waals surface area contributed by atoms with E-state index in [0.29, 0.717) is 61.7 Å². The number of hydrogen-bond donors (Lipinski definition) is 1. The third-order valence-corrected chi connectivity index (χ3v) is 7.86. The molecule has 2 unspecified atom stereocenters. The molecular formula is C31H49N3O7. The van der Waals surface area contributed by atoms with Gasteiger partial charge in [0.25, 0.3) is 5.91 Å². The normalized spacial score (nSPS) is 18.6. The molecule has 41 heavy (non-hydrogen) atoms. The summed E-state index contributed by atoms with van der Waals surface area (Å²) in [6.45, 7) is 6.60. The highest BCUT2D eigenvalue weighted by atomic mass is 16.5. The molecule has 1 saturated heterocycles. The molecular weight excluding hydrogens is 526 g/mol. The van der Waals surface area contributed by atoms with E-state index in [1.165, 1.54) is 7.11 Å². The molecule has 0 aromatic heterocycles. The van der Waals surface area contributed by atoms with E-state index in [-0.39, 0.29) is 36.3 Å². The van der Waals surface area contributed by atoms with E-state index in [9.17, 15) is 14.4 Å². The number of carbonyl (C=O) groups excluding carboxylic acids is 3. The zero-order valence-corrected chi connectivity index (χ0v) is 25.5. The molecule has 2 amide bonds. The Bertz CT molecular complexity index is 990. The van der Waals surface area contributed by atoms with E-state index >= 15 is 0 Å². The molecule has 2 atom stereocenters. The average Bonchev–Trinajstić information content (AvgIpc) is 3.81. The molecule has 1 aliphatic heterocycles. The molecule has 2 fully saturated rings. The predicted molar refractivity (Wildman–Crippen MR) is 156 cm³/mol. The number of benzene rings is 1. The summed E-state index contributed by atoms with van der Waals surface area (Å²) in [5.41, 5.74) is 0.578. The lowest BCUT2D eigenvalue weighted by Gasteiger charge is -2.40. The highest BCUT2D eigenvalue weighted by Gasteiger charge is 2.34. The third-order valence-electron chi connectivity index (χ3n) is 7.86. The molecule has 3 rings (SSSR count). The summed E-state index contributed by atoms with van der Waals surface area (Å²) in [5.74, 6) is 0.985. The lowest BCUT2D eigenvalue weighted by Crippen LogP contribution is -2.54. The van der Waals surface area contributed by atoms with Crippen molar-refractivity contribution in [2.75, 3.05) is 47.6 Å².